The largest absolute Gasteiger partial charge is 0.353 e. The first-order chi connectivity index (χ1) is 11.6. The molecule has 1 fully saturated rings. The van der Waals surface area contributed by atoms with Gasteiger partial charge in [-0.05, 0) is 37.9 Å². The molecule has 0 saturated carbocycles. The first-order valence-corrected chi connectivity index (χ1v) is 8.65. The Morgan fingerprint density at radius 2 is 1.92 bits per heavy atom. The molecule has 0 spiro atoms. The van der Waals surface area contributed by atoms with Gasteiger partial charge >= 0.3 is 0 Å². The van der Waals surface area contributed by atoms with Crippen LogP contribution in [0.3, 0.4) is 0 Å². The van der Waals surface area contributed by atoms with E-state index in [9.17, 15) is 9.59 Å². The highest BCUT2D eigenvalue weighted by atomic mass is 16.2. The van der Waals surface area contributed by atoms with Crippen LogP contribution in [0.25, 0.3) is 5.70 Å². The molecule has 0 aliphatic carbocycles. The summed E-state index contributed by atoms with van der Waals surface area (Å²) < 4.78 is 0. The summed E-state index contributed by atoms with van der Waals surface area (Å²) in [5, 5.41) is 2.92. The van der Waals surface area contributed by atoms with Gasteiger partial charge in [0.1, 0.15) is 6.54 Å². The number of nitrogens with zero attached hydrogens (tertiary/aromatic N) is 2. The van der Waals surface area contributed by atoms with Crippen LogP contribution in [-0.4, -0.2) is 54.3 Å². The van der Waals surface area contributed by atoms with Crippen molar-refractivity contribution in [2.45, 2.75) is 19.8 Å². The molecule has 2 aliphatic heterocycles. The Bertz CT molecular complexity index is 613. The van der Waals surface area contributed by atoms with Crippen LogP contribution < -0.4 is 5.32 Å². The minimum absolute atomic E-state index is 0.0311. The molecule has 2 aliphatic rings. The van der Waals surface area contributed by atoms with Crippen LogP contribution in [0.2, 0.25) is 0 Å². The highest BCUT2D eigenvalue weighted by molar-refractivity contribution is 6.10. The lowest BCUT2D eigenvalue weighted by atomic mass is 9.99. The van der Waals surface area contributed by atoms with Gasteiger partial charge in [-0.3, -0.25) is 14.5 Å². The minimum Gasteiger partial charge on any atom is -0.353 e. The number of rotatable bonds is 5. The predicted octanol–water partition coefficient (Wildman–Crippen LogP) is 1.96. The fourth-order valence-corrected chi connectivity index (χ4v) is 3.34. The van der Waals surface area contributed by atoms with Crippen LogP contribution in [0, 0.1) is 5.92 Å². The molecule has 5 heteroatoms. The SMILES string of the molecule is C=C1c2ccccc2C(=O)N1CC(=O)NCCN1CCC(C)CC1. The van der Waals surface area contributed by atoms with Crippen LogP contribution in [0.15, 0.2) is 30.8 Å². The Morgan fingerprint density at radius 1 is 1.25 bits per heavy atom. The molecule has 24 heavy (non-hydrogen) atoms. The molecule has 128 valence electrons. The van der Waals surface area contributed by atoms with Crippen LogP contribution in [0.5, 0.6) is 0 Å². The van der Waals surface area contributed by atoms with Gasteiger partial charge in [0.25, 0.3) is 5.91 Å². The second-order valence-electron chi connectivity index (χ2n) is 6.76. The molecule has 1 N–H and O–H groups in total. The normalized spacial score (nSPS) is 18.8. The van der Waals surface area contributed by atoms with E-state index in [1.807, 2.05) is 18.2 Å². The van der Waals surface area contributed by atoms with Crippen molar-refractivity contribution in [3.63, 3.8) is 0 Å². The van der Waals surface area contributed by atoms with E-state index in [4.69, 9.17) is 0 Å². The van der Waals surface area contributed by atoms with E-state index in [-0.39, 0.29) is 18.4 Å². The molecule has 1 aromatic rings. The van der Waals surface area contributed by atoms with Crippen molar-refractivity contribution in [3.05, 3.63) is 42.0 Å². The van der Waals surface area contributed by atoms with E-state index in [1.54, 1.807) is 6.07 Å². The first kappa shape index (κ1) is 16.7. The average molecular weight is 327 g/mol. The Balaban J connectivity index is 1.46. The van der Waals surface area contributed by atoms with Crippen molar-refractivity contribution in [3.8, 4) is 0 Å². The van der Waals surface area contributed by atoms with Crippen molar-refractivity contribution in [2.75, 3.05) is 32.7 Å². The fraction of sp³-hybridized carbons (Fsp3) is 0.474. The van der Waals surface area contributed by atoms with Crippen LogP contribution in [0.1, 0.15) is 35.7 Å². The molecule has 2 heterocycles. The van der Waals surface area contributed by atoms with Gasteiger partial charge in [-0.15, -0.1) is 0 Å². The summed E-state index contributed by atoms with van der Waals surface area (Å²) in [4.78, 5) is 28.4. The second-order valence-corrected chi connectivity index (χ2v) is 6.76. The number of carbonyl (C=O) groups is 2. The molecular weight excluding hydrogens is 302 g/mol. The highest BCUT2D eigenvalue weighted by Crippen LogP contribution is 2.30. The van der Waals surface area contributed by atoms with Gasteiger partial charge in [-0.25, -0.2) is 0 Å². The second kappa shape index (κ2) is 7.18. The van der Waals surface area contributed by atoms with Crippen molar-refractivity contribution >= 4 is 17.5 Å². The van der Waals surface area contributed by atoms with Gasteiger partial charge in [-0.2, -0.15) is 0 Å². The number of benzene rings is 1. The lowest BCUT2D eigenvalue weighted by molar-refractivity contribution is -0.121. The summed E-state index contributed by atoms with van der Waals surface area (Å²) in [6.07, 6.45) is 2.46. The summed E-state index contributed by atoms with van der Waals surface area (Å²) in [6, 6.07) is 7.34. The summed E-state index contributed by atoms with van der Waals surface area (Å²) >= 11 is 0. The predicted molar refractivity (Wildman–Crippen MR) is 94.4 cm³/mol. The first-order valence-electron chi connectivity index (χ1n) is 8.65. The van der Waals surface area contributed by atoms with Gasteiger partial charge in [-0.1, -0.05) is 31.7 Å². The zero-order valence-corrected chi connectivity index (χ0v) is 14.3. The third kappa shape index (κ3) is 3.51. The molecule has 0 bridgehead atoms. The van der Waals surface area contributed by atoms with E-state index in [0.29, 0.717) is 17.8 Å². The zero-order valence-electron chi connectivity index (χ0n) is 14.3. The number of amides is 2. The maximum Gasteiger partial charge on any atom is 0.259 e. The number of hydrogen-bond donors (Lipinski definition) is 1. The number of nitrogens with one attached hydrogen (secondary N) is 1. The van der Waals surface area contributed by atoms with E-state index in [0.717, 1.165) is 31.1 Å². The van der Waals surface area contributed by atoms with Gasteiger partial charge in [0.05, 0.1) is 0 Å². The number of carbonyl (C=O) groups excluding carboxylic acids is 2. The quantitative estimate of drug-likeness (QED) is 0.899. The topological polar surface area (TPSA) is 52.7 Å². The summed E-state index contributed by atoms with van der Waals surface area (Å²) in [6.45, 7) is 9.98. The molecule has 1 saturated heterocycles. The number of likely N-dealkylation sites (tertiary alicyclic amines) is 1. The Kier molecular flexibility index (Phi) is 5.00. The lowest BCUT2D eigenvalue weighted by Gasteiger charge is -2.30. The van der Waals surface area contributed by atoms with Crippen molar-refractivity contribution in [1.29, 1.82) is 0 Å². The Morgan fingerprint density at radius 3 is 2.58 bits per heavy atom. The molecule has 1 aromatic carbocycles. The minimum atomic E-state index is -0.143. The standard InChI is InChI=1S/C19H25N3O2/c1-14-7-10-21(11-8-14)12-9-20-18(23)13-22-15(2)16-5-3-4-6-17(16)19(22)24/h3-6,14H,2,7-13H2,1H3,(H,20,23). The van der Waals surface area contributed by atoms with Gasteiger partial charge < -0.3 is 10.2 Å². The number of piperidine rings is 1. The monoisotopic (exact) mass is 327 g/mol. The smallest absolute Gasteiger partial charge is 0.259 e. The maximum atomic E-state index is 12.4. The van der Waals surface area contributed by atoms with Gasteiger partial charge in [0, 0.05) is 29.9 Å². The average Bonchev–Trinajstić information content (AvgIpc) is 2.82. The molecular formula is C19H25N3O2. The zero-order chi connectivity index (χ0) is 17.1. The molecule has 0 aromatic heterocycles. The molecule has 0 radical (unpaired) electrons. The van der Waals surface area contributed by atoms with Crippen molar-refractivity contribution < 1.29 is 9.59 Å². The Labute approximate surface area is 143 Å². The molecule has 5 nitrogen and oxygen atoms in total. The lowest BCUT2D eigenvalue weighted by Crippen LogP contribution is -2.42. The maximum absolute atomic E-state index is 12.4. The third-order valence-electron chi connectivity index (χ3n) is 4.97. The highest BCUT2D eigenvalue weighted by Gasteiger charge is 2.31. The van der Waals surface area contributed by atoms with Crippen molar-refractivity contribution in [1.82, 2.24) is 15.1 Å². The molecule has 0 unspecified atom stereocenters. The fourth-order valence-electron chi connectivity index (χ4n) is 3.34. The van der Waals surface area contributed by atoms with E-state index < -0.39 is 0 Å². The van der Waals surface area contributed by atoms with Gasteiger partial charge in [0.2, 0.25) is 5.91 Å². The summed E-state index contributed by atoms with van der Waals surface area (Å²) in [5.41, 5.74) is 2.05. The summed E-state index contributed by atoms with van der Waals surface area (Å²) in [7, 11) is 0. The number of fused-ring (bicyclic) bond motifs is 1. The summed E-state index contributed by atoms with van der Waals surface area (Å²) in [5.74, 6) is 0.531. The van der Waals surface area contributed by atoms with Gasteiger partial charge in [0.15, 0.2) is 0 Å². The van der Waals surface area contributed by atoms with Crippen molar-refractivity contribution in [2.24, 2.45) is 5.92 Å². The molecule has 0 atom stereocenters. The van der Waals surface area contributed by atoms with E-state index in [2.05, 4.69) is 23.7 Å². The van der Waals surface area contributed by atoms with Crippen LogP contribution in [-0.2, 0) is 4.79 Å². The van der Waals surface area contributed by atoms with Crippen LogP contribution >= 0.6 is 0 Å². The van der Waals surface area contributed by atoms with Crippen LogP contribution in [0.4, 0.5) is 0 Å². The van der Waals surface area contributed by atoms with E-state index in [1.165, 1.54) is 17.7 Å². The molecule has 3 rings (SSSR count). The third-order valence-corrected chi connectivity index (χ3v) is 4.97. The molecule has 2 amide bonds. The number of hydrogen-bond acceptors (Lipinski definition) is 3. The Hall–Kier alpha value is -2.14. The van der Waals surface area contributed by atoms with E-state index >= 15 is 0 Å².